The number of carbonyl (C=O) groups excluding carboxylic acids is 1. The molecule has 0 amide bonds. The molecule has 0 aromatic heterocycles. The first kappa shape index (κ1) is 27.9. The topological polar surface area (TPSA) is 46.5 Å². The molecule has 1 N–H and O–H groups in total. The van der Waals surface area contributed by atoms with Crippen molar-refractivity contribution >= 4 is 14.3 Å². The molecular weight excluding hydrogens is 472 g/mol. The smallest absolute Gasteiger partial charge is 0.299 e. The molecule has 10 atom stereocenters. The molecular formula is C33H56O3Si. The van der Waals surface area contributed by atoms with Gasteiger partial charge in [0.2, 0.25) is 8.32 Å². The average molecular weight is 529 g/mol. The van der Waals surface area contributed by atoms with Gasteiger partial charge in [-0.3, -0.25) is 4.79 Å². The minimum absolute atomic E-state index is 0.00902. The highest BCUT2D eigenvalue weighted by Gasteiger charge is 2.72. The van der Waals surface area contributed by atoms with E-state index in [1.54, 1.807) is 0 Å². The molecule has 37 heavy (non-hydrogen) atoms. The zero-order chi connectivity index (χ0) is 27.4. The van der Waals surface area contributed by atoms with Crippen LogP contribution >= 0.6 is 0 Å². The molecule has 0 aromatic carbocycles. The first-order valence-electron chi connectivity index (χ1n) is 15.5. The third-order valence-electron chi connectivity index (χ3n) is 13.9. The van der Waals surface area contributed by atoms with Crippen molar-refractivity contribution in [2.24, 2.45) is 56.7 Å². The summed E-state index contributed by atoms with van der Waals surface area (Å²) in [6.45, 7) is 25.7. The van der Waals surface area contributed by atoms with Gasteiger partial charge in [-0.15, -0.1) is 0 Å². The summed E-state index contributed by atoms with van der Waals surface area (Å²) in [6, 6.07) is 0. The maximum atomic E-state index is 14.0. The van der Waals surface area contributed by atoms with Crippen LogP contribution in [0.4, 0.5) is 0 Å². The van der Waals surface area contributed by atoms with E-state index in [4.69, 9.17) is 4.43 Å². The van der Waals surface area contributed by atoms with E-state index >= 15 is 0 Å². The summed E-state index contributed by atoms with van der Waals surface area (Å²) < 4.78 is 6.32. The van der Waals surface area contributed by atoms with Gasteiger partial charge in [-0.2, -0.15) is 0 Å². The van der Waals surface area contributed by atoms with Gasteiger partial charge in [0, 0.05) is 0 Å². The molecule has 4 heteroatoms. The van der Waals surface area contributed by atoms with Crippen LogP contribution in [-0.2, 0) is 9.22 Å². The van der Waals surface area contributed by atoms with Crippen molar-refractivity contribution in [1.29, 1.82) is 0 Å². The lowest BCUT2D eigenvalue weighted by Gasteiger charge is -2.72. The summed E-state index contributed by atoms with van der Waals surface area (Å²) in [6.07, 6.45) is 11.1. The quantitative estimate of drug-likeness (QED) is 0.295. The number of hydrogen-bond donors (Lipinski definition) is 1. The second-order valence-electron chi connectivity index (χ2n) is 16.7. The van der Waals surface area contributed by atoms with Gasteiger partial charge < -0.3 is 9.53 Å². The first-order valence-corrected chi connectivity index (χ1v) is 18.9. The molecule has 3 nitrogen and oxygen atoms in total. The van der Waals surface area contributed by atoms with E-state index in [1.807, 2.05) is 0 Å². The number of rotatable bonds is 3. The third-order valence-corrected chi connectivity index (χ3v) is 14.6. The van der Waals surface area contributed by atoms with Crippen molar-refractivity contribution < 1.29 is 14.3 Å². The van der Waals surface area contributed by atoms with Crippen molar-refractivity contribution in [2.45, 2.75) is 131 Å². The highest BCUT2D eigenvalue weighted by molar-refractivity contribution is 6.71. The molecule has 0 bridgehead atoms. The molecule has 0 aliphatic heterocycles. The Morgan fingerprint density at radius 2 is 1.51 bits per heavy atom. The van der Waals surface area contributed by atoms with Crippen LogP contribution in [0.5, 0.6) is 0 Å². The van der Waals surface area contributed by atoms with Gasteiger partial charge in [0.25, 0.3) is 5.97 Å². The Hall–Kier alpha value is -0.613. The number of hydrogen-bond acceptors (Lipinski definition) is 3. The van der Waals surface area contributed by atoms with Crippen molar-refractivity contribution in [3.63, 3.8) is 0 Å². The number of fused-ring (bicyclic) bond motifs is 7. The highest BCUT2D eigenvalue weighted by atomic mass is 28.4. The molecule has 0 radical (unpaired) electrons. The number of carbonyl (C=O) groups is 1. The Balaban J connectivity index is 1.55. The van der Waals surface area contributed by atoms with E-state index in [-0.39, 0.29) is 33.7 Å². The second kappa shape index (κ2) is 8.45. The van der Waals surface area contributed by atoms with Gasteiger partial charge in [0.15, 0.2) is 0 Å². The molecule has 0 heterocycles. The summed E-state index contributed by atoms with van der Waals surface area (Å²) in [4.78, 5) is 14.0. The zero-order valence-corrected chi connectivity index (χ0v) is 26.5. The van der Waals surface area contributed by atoms with Crippen molar-refractivity contribution in [2.75, 3.05) is 0 Å². The molecule has 210 valence electrons. The van der Waals surface area contributed by atoms with Crippen LogP contribution in [-0.4, -0.2) is 25.5 Å². The van der Waals surface area contributed by atoms with Crippen LogP contribution in [0.15, 0.2) is 12.2 Å². The molecule has 0 aromatic rings. The maximum Gasteiger partial charge on any atom is 0.299 e. The fourth-order valence-electron chi connectivity index (χ4n) is 11.9. The van der Waals surface area contributed by atoms with Gasteiger partial charge in [0.1, 0.15) is 0 Å². The lowest BCUT2D eigenvalue weighted by Crippen LogP contribution is -2.67. The standard InChI is InChI=1S/C33H56O3Si/c1-21(2)22-13-18-33(28(35)36-37(8,9)10)20-19-31(6)23(27(22)33)11-12-25-30(5)16-15-26(34)29(3,4)24(30)14-17-32(25,31)7/h22-27,34H,1,11-20H2,2-10H3/t22-,23+,24-,25+,26-,27+,30-,31+,32+,33-/m0/s1. The van der Waals surface area contributed by atoms with Crippen LogP contribution < -0.4 is 0 Å². The molecule has 5 aliphatic carbocycles. The Labute approximate surface area is 228 Å². The van der Waals surface area contributed by atoms with E-state index in [0.29, 0.717) is 35.0 Å². The first-order chi connectivity index (χ1) is 16.9. The van der Waals surface area contributed by atoms with Gasteiger partial charge in [-0.25, -0.2) is 0 Å². The van der Waals surface area contributed by atoms with E-state index in [9.17, 15) is 9.90 Å². The van der Waals surface area contributed by atoms with Crippen LogP contribution in [0.1, 0.15) is 106 Å². The molecule has 5 saturated carbocycles. The molecule has 0 spiro atoms. The summed E-state index contributed by atoms with van der Waals surface area (Å²) >= 11 is 0. The predicted octanol–water partition coefficient (Wildman–Crippen LogP) is 8.38. The van der Waals surface area contributed by atoms with E-state index in [1.165, 1.54) is 31.3 Å². The summed E-state index contributed by atoms with van der Waals surface area (Å²) in [7, 11) is -1.96. The summed E-state index contributed by atoms with van der Waals surface area (Å²) in [5, 5.41) is 11.0. The van der Waals surface area contributed by atoms with Crippen LogP contribution in [0.25, 0.3) is 0 Å². The molecule has 5 rings (SSSR count). The SMILES string of the molecule is C=C(C)[C@@H]1CC[C@]2(C(=O)O[Si](C)(C)C)CC[C@]3(C)[C@H](CC[C@@H]4[C@@]5(C)CC[C@H](O)C(C)(C)[C@@H]5CC[C@]43C)[C@@H]12. The monoisotopic (exact) mass is 528 g/mol. The lowest BCUT2D eigenvalue weighted by molar-refractivity contribution is -0.247. The zero-order valence-electron chi connectivity index (χ0n) is 25.5. The van der Waals surface area contributed by atoms with E-state index in [0.717, 1.165) is 38.5 Å². The maximum absolute atomic E-state index is 14.0. The number of allylic oxidation sites excluding steroid dienone is 1. The average Bonchev–Trinajstić information content (AvgIpc) is 3.17. The van der Waals surface area contributed by atoms with Crippen LogP contribution in [0, 0.1) is 56.7 Å². The Morgan fingerprint density at radius 3 is 2.14 bits per heavy atom. The molecule has 5 fully saturated rings. The lowest BCUT2D eigenvalue weighted by atomic mass is 9.32. The van der Waals surface area contributed by atoms with Gasteiger partial charge in [-0.05, 0) is 142 Å². The fraction of sp³-hybridized carbons (Fsp3) is 0.909. The minimum atomic E-state index is -1.96. The normalized spacial score (nSPS) is 50.8. The second-order valence-corrected chi connectivity index (χ2v) is 21.1. The minimum Gasteiger partial charge on any atom is -0.519 e. The van der Waals surface area contributed by atoms with Crippen LogP contribution in [0.2, 0.25) is 19.6 Å². The largest absolute Gasteiger partial charge is 0.519 e. The fourth-order valence-corrected chi connectivity index (χ4v) is 12.6. The Bertz CT molecular complexity index is 965. The Kier molecular flexibility index (Phi) is 6.38. The Morgan fingerprint density at radius 1 is 0.838 bits per heavy atom. The number of aliphatic hydroxyl groups excluding tert-OH is 1. The van der Waals surface area contributed by atoms with Gasteiger partial charge in [-0.1, -0.05) is 46.8 Å². The molecule has 5 aliphatic rings. The van der Waals surface area contributed by atoms with E-state index in [2.05, 4.69) is 67.8 Å². The highest BCUT2D eigenvalue weighted by Crippen LogP contribution is 2.77. The third kappa shape index (κ3) is 3.69. The van der Waals surface area contributed by atoms with Gasteiger partial charge >= 0.3 is 0 Å². The van der Waals surface area contributed by atoms with Crippen molar-refractivity contribution in [3.05, 3.63) is 12.2 Å². The summed E-state index contributed by atoms with van der Waals surface area (Å²) in [5.41, 5.74) is 1.76. The van der Waals surface area contributed by atoms with Crippen molar-refractivity contribution in [3.8, 4) is 0 Å². The summed E-state index contributed by atoms with van der Waals surface area (Å²) in [5.74, 6) is 2.79. The van der Waals surface area contributed by atoms with Gasteiger partial charge in [0.05, 0.1) is 11.5 Å². The predicted molar refractivity (Wildman–Crippen MR) is 154 cm³/mol. The van der Waals surface area contributed by atoms with Crippen LogP contribution in [0.3, 0.4) is 0 Å². The molecule has 0 saturated heterocycles. The molecule has 0 unspecified atom stereocenters. The van der Waals surface area contributed by atoms with E-state index < -0.39 is 8.32 Å². The number of aliphatic hydroxyl groups is 1. The van der Waals surface area contributed by atoms with Crippen molar-refractivity contribution in [1.82, 2.24) is 0 Å².